The largest absolute Gasteiger partial charge is 0.381 e. The smallest absolute Gasteiger partial charge is 0.0466 e. The van der Waals surface area contributed by atoms with Crippen molar-refractivity contribution in [1.82, 2.24) is 5.32 Å². The minimum Gasteiger partial charge on any atom is -0.381 e. The van der Waals surface area contributed by atoms with Crippen molar-refractivity contribution in [2.75, 3.05) is 26.3 Å². The summed E-state index contributed by atoms with van der Waals surface area (Å²) in [6, 6.07) is 0. The summed E-state index contributed by atoms with van der Waals surface area (Å²) in [5.41, 5.74) is 0. The van der Waals surface area contributed by atoms with E-state index in [1.165, 1.54) is 70.9 Å². The minimum atomic E-state index is 0.972. The van der Waals surface area contributed by atoms with Gasteiger partial charge in [0.15, 0.2) is 0 Å². The molecule has 1 N–H and O–H groups in total. The second-order valence-corrected chi connectivity index (χ2v) is 4.54. The molecule has 0 amide bonds. The molecule has 1 saturated heterocycles. The van der Waals surface area contributed by atoms with Gasteiger partial charge < -0.3 is 10.1 Å². The van der Waals surface area contributed by atoms with Crippen LogP contribution >= 0.6 is 0 Å². The van der Waals surface area contributed by atoms with Gasteiger partial charge in [0.1, 0.15) is 0 Å². The number of hydrogen-bond donors (Lipinski definition) is 1. The van der Waals surface area contributed by atoms with Gasteiger partial charge in [-0.25, -0.2) is 0 Å². The van der Waals surface area contributed by atoms with Gasteiger partial charge in [-0.05, 0) is 45.2 Å². The SMILES string of the molecule is C1CCCCOCCCCCNCCC1. The van der Waals surface area contributed by atoms with Crippen molar-refractivity contribution in [3.05, 3.63) is 0 Å². The first-order valence-electron chi connectivity index (χ1n) is 6.78. The molecule has 0 radical (unpaired) electrons. The molecular formula is C13H27NO. The van der Waals surface area contributed by atoms with E-state index in [0.29, 0.717) is 0 Å². The van der Waals surface area contributed by atoms with Crippen LogP contribution in [-0.2, 0) is 4.74 Å². The maximum Gasteiger partial charge on any atom is 0.0466 e. The maximum atomic E-state index is 5.59. The predicted octanol–water partition coefficient (Wildman–Crippen LogP) is 3.12. The second kappa shape index (κ2) is 10.4. The van der Waals surface area contributed by atoms with E-state index in [-0.39, 0.29) is 0 Å². The Balaban J connectivity index is 2.01. The summed E-state index contributed by atoms with van der Waals surface area (Å²) < 4.78 is 5.59. The van der Waals surface area contributed by atoms with Gasteiger partial charge in [-0.1, -0.05) is 25.7 Å². The Morgan fingerprint density at radius 3 is 1.67 bits per heavy atom. The van der Waals surface area contributed by atoms with Crippen molar-refractivity contribution in [3.8, 4) is 0 Å². The molecule has 1 rings (SSSR count). The molecule has 2 nitrogen and oxygen atoms in total. The van der Waals surface area contributed by atoms with E-state index in [0.717, 1.165) is 13.2 Å². The summed E-state index contributed by atoms with van der Waals surface area (Å²) in [5, 5.41) is 3.51. The van der Waals surface area contributed by atoms with Crippen LogP contribution in [0.1, 0.15) is 57.8 Å². The molecule has 0 aliphatic carbocycles. The zero-order valence-electron chi connectivity index (χ0n) is 10.1. The molecule has 0 aromatic carbocycles. The lowest BCUT2D eigenvalue weighted by atomic mass is 10.1. The van der Waals surface area contributed by atoms with Gasteiger partial charge in [-0.2, -0.15) is 0 Å². The molecular weight excluding hydrogens is 186 g/mol. The first kappa shape index (κ1) is 13.0. The second-order valence-electron chi connectivity index (χ2n) is 4.54. The van der Waals surface area contributed by atoms with E-state index >= 15 is 0 Å². The highest BCUT2D eigenvalue weighted by molar-refractivity contribution is 4.52. The molecule has 0 aromatic heterocycles. The van der Waals surface area contributed by atoms with Crippen molar-refractivity contribution in [2.24, 2.45) is 0 Å². The highest BCUT2D eigenvalue weighted by Crippen LogP contribution is 2.06. The fourth-order valence-electron chi connectivity index (χ4n) is 2.02. The summed E-state index contributed by atoms with van der Waals surface area (Å²) >= 11 is 0. The molecule has 1 aliphatic heterocycles. The predicted molar refractivity (Wildman–Crippen MR) is 65.2 cm³/mol. The van der Waals surface area contributed by atoms with Crippen LogP contribution in [0, 0.1) is 0 Å². The number of hydrogen-bond acceptors (Lipinski definition) is 2. The van der Waals surface area contributed by atoms with Crippen LogP contribution in [0.5, 0.6) is 0 Å². The fourth-order valence-corrected chi connectivity index (χ4v) is 2.02. The van der Waals surface area contributed by atoms with Gasteiger partial charge in [-0.3, -0.25) is 0 Å². The third-order valence-electron chi connectivity index (χ3n) is 3.03. The van der Waals surface area contributed by atoms with Crippen LogP contribution in [0.15, 0.2) is 0 Å². The average Bonchev–Trinajstić information content (AvgIpc) is 2.27. The lowest BCUT2D eigenvalue weighted by Gasteiger charge is -2.04. The average molecular weight is 213 g/mol. The maximum absolute atomic E-state index is 5.59. The van der Waals surface area contributed by atoms with Crippen LogP contribution < -0.4 is 5.32 Å². The highest BCUT2D eigenvalue weighted by atomic mass is 16.5. The Hall–Kier alpha value is -0.0800. The van der Waals surface area contributed by atoms with Crippen LogP contribution in [0.3, 0.4) is 0 Å². The Morgan fingerprint density at radius 1 is 0.533 bits per heavy atom. The zero-order valence-corrected chi connectivity index (χ0v) is 10.1. The van der Waals surface area contributed by atoms with Gasteiger partial charge in [0.25, 0.3) is 0 Å². The standard InChI is InChI=1S/C13H27NO/c1-2-4-8-12-15-13-9-5-7-11-14-10-6-3-1/h14H,1-13H2. The lowest BCUT2D eigenvalue weighted by molar-refractivity contribution is 0.126. The monoisotopic (exact) mass is 213 g/mol. The van der Waals surface area contributed by atoms with Crippen molar-refractivity contribution >= 4 is 0 Å². The molecule has 0 bridgehead atoms. The minimum absolute atomic E-state index is 0.972. The van der Waals surface area contributed by atoms with Crippen LogP contribution in [0.4, 0.5) is 0 Å². The highest BCUT2D eigenvalue weighted by Gasteiger charge is 1.95. The Labute approximate surface area is 94.8 Å². The Morgan fingerprint density at radius 2 is 1.00 bits per heavy atom. The van der Waals surface area contributed by atoms with Crippen LogP contribution in [0.25, 0.3) is 0 Å². The normalized spacial score (nSPS) is 24.0. The quantitative estimate of drug-likeness (QED) is 0.667. The lowest BCUT2D eigenvalue weighted by Crippen LogP contribution is -2.16. The van der Waals surface area contributed by atoms with Gasteiger partial charge in [0.05, 0.1) is 0 Å². The van der Waals surface area contributed by atoms with Crippen LogP contribution in [0.2, 0.25) is 0 Å². The first-order chi connectivity index (χ1) is 7.50. The van der Waals surface area contributed by atoms with Gasteiger partial charge in [0.2, 0.25) is 0 Å². The molecule has 1 aliphatic rings. The van der Waals surface area contributed by atoms with Crippen molar-refractivity contribution in [3.63, 3.8) is 0 Å². The van der Waals surface area contributed by atoms with E-state index < -0.39 is 0 Å². The molecule has 0 spiro atoms. The fraction of sp³-hybridized carbons (Fsp3) is 1.00. The van der Waals surface area contributed by atoms with Gasteiger partial charge >= 0.3 is 0 Å². The third-order valence-corrected chi connectivity index (χ3v) is 3.03. The molecule has 0 unspecified atom stereocenters. The van der Waals surface area contributed by atoms with Crippen molar-refractivity contribution in [1.29, 1.82) is 0 Å². The van der Waals surface area contributed by atoms with E-state index in [1.54, 1.807) is 0 Å². The number of ether oxygens (including phenoxy) is 1. The van der Waals surface area contributed by atoms with Gasteiger partial charge in [0, 0.05) is 13.2 Å². The number of nitrogens with one attached hydrogen (secondary N) is 1. The third kappa shape index (κ3) is 8.88. The summed E-state index contributed by atoms with van der Waals surface area (Å²) in [6.07, 6.45) is 12.0. The molecule has 2 heteroatoms. The summed E-state index contributed by atoms with van der Waals surface area (Å²) in [6.45, 7) is 4.37. The Bertz CT molecular complexity index is 69.1. The van der Waals surface area contributed by atoms with E-state index in [2.05, 4.69) is 5.32 Å². The summed E-state index contributed by atoms with van der Waals surface area (Å²) in [7, 11) is 0. The van der Waals surface area contributed by atoms with E-state index in [4.69, 9.17) is 4.74 Å². The topological polar surface area (TPSA) is 21.3 Å². The molecule has 0 aromatic rings. The first-order valence-corrected chi connectivity index (χ1v) is 6.78. The molecule has 1 heterocycles. The van der Waals surface area contributed by atoms with Crippen molar-refractivity contribution in [2.45, 2.75) is 57.8 Å². The summed E-state index contributed by atoms with van der Waals surface area (Å²) in [4.78, 5) is 0. The van der Waals surface area contributed by atoms with E-state index in [9.17, 15) is 0 Å². The Kier molecular flexibility index (Phi) is 9.04. The molecule has 0 saturated carbocycles. The zero-order chi connectivity index (χ0) is 10.6. The molecule has 0 atom stereocenters. The summed E-state index contributed by atoms with van der Waals surface area (Å²) in [5.74, 6) is 0. The molecule has 90 valence electrons. The van der Waals surface area contributed by atoms with Crippen molar-refractivity contribution < 1.29 is 4.74 Å². The van der Waals surface area contributed by atoms with E-state index in [1.807, 2.05) is 0 Å². The number of rotatable bonds is 0. The van der Waals surface area contributed by atoms with Crippen LogP contribution in [-0.4, -0.2) is 26.3 Å². The molecule has 1 fully saturated rings. The van der Waals surface area contributed by atoms with Gasteiger partial charge in [-0.15, -0.1) is 0 Å². The molecule has 15 heavy (non-hydrogen) atoms.